The summed E-state index contributed by atoms with van der Waals surface area (Å²) < 4.78 is 22.1. The van der Waals surface area contributed by atoms with E-state index in [4.69, 9.17) is 19.6 Å². The molecule has 0 fully saturated rings. The molecule has 6 N–H and O–H groups in total. The monoisotopic (exact) mass is 319 g/mol. The highest BCUT2D eigenvalue weighted by molar-refractivity contribution is 7.72. The van der Waals surface area contributed by atoms with Crippen molar-refractivity contribution in [2.75, 3.05) is 13.1 Å². The maximum atomic E-state index is 11.0. The first-order valence-corrected chi connectivity index (χ1v) is 9.33. The SMILES string of the molecule is CCCCCCNCCC(O)(P(=O)(O)O)P(=O)(O)O. The van der Waals surface area contributed by atoms with E-state index in [1.54, 1.807) is 0 Å². The fourth-order valence-corrected chi connectivity index (χ4v) is 3.68. The quantitative estimate of drug-likeness (QED) is 0.253. The molecule has 0 unspecified atom stereocenters. The van der Waals surface area contributed by atoms with Crippen molar-refractivity contribution in [1.82, 2.24) is 5.32 Å². The van der Waals surface area contributed by atoms with Gasteiger partial charge in [0.15, 0.2) is 0 Å². The first-order valence-electron chi connectivity index (χ1n) is 6.10. The molecule has 0 atom stereocenters. The Kier molecular flexibility index (Phi) is 7.95. The third-order valence-electron chi connectivity index (χ3n) is 2.78. The van der Waals surface area contributed by atoms with Gasteiger partial charge in [-0.3, -0.25) is 9.13 Å². The summed E-state index contributed by atoms with van der Waals surface area (Å²) in [5.41, 5.74) is 0. The lowest BCUT2D eigenvalue weighted by Crippen LogP contribution is -2.33. The van der Waals surface area contributed by atoms with Crippen molar-refractivity contribution >= 4 is 15.2 Å². The Bertz CT molecular complexity index is 328. The fourth-order valence-electron chi connectivity index (χ4n) is 1.52. The van der Waals surface area contributed by atoms with Crippen LogP contribution in [-0.2, 0) is 9.13 Å². The van der Waals surface area contributed by atoms with Crippen LogP contribution in [0.3, 0.4) is 0 Å². The molecule has 116 valence electrons. The first-order chi connectivity index (χ1) is 8.56. The zero-order valence-electron chi connectivity index (χ0n) is 10.9. The summed E-state index contributed by atoms with van der Waals surface area (Å²) in [6, 6.07) is 0. The van der Waals surface area contributed by atoms with Crippen LogP contribution in [-0.4, -0.2) is 42.9 Å². The molecule has 0 spiro atoms. The number of unbranched alkanes of at least 4 members (excludes halogenated alkanes) is 3. The molecule has 8 nitrogen and oxygen atoms in total. The molecule has 0 saturated heterocycles. The molecule has 0 heterocycles. The first kappa shape index (κ1) is 19.2. The van der Waals surface area contributed by atoms with Gasteiger partial charge in [-0.1, -0.05) is 26.2 Å². The van der Waals surface area contributed by atoms with Crippen molar-refractivity contribution in [3.8, 4) is 0 Å². The van der Waals surface area contributed by atoms with Crippen LogP contribution >= 0.6 is 15.2 Å². The van der Waals surface area contributed by atoms with E-state index in [2.05, 4.69) is 12.2 Å². The number of hydrogen-bond acceptors (Lipinski definition) is 4. The maximum Gasteiger partial charge on any atom is 0.369 e. The smallest absolute Gasteiger partial charge is 0.367 e. The van der Waals surface area contributed by atoms with Gasteiger partial charge in [-0.25, -0.2) is 0 Å². The van der Waals surface area contributed by atoms with Crippen LogP contribution < -0.4 is 5.32 Å². The minimum absolute atomic E-state index is 0.0845. The fraction of sp³-hybridized carbons (Fsp3) is 1.00. The summed E-state index contributed by atoms with van der Waals surface area (Å²) in [5.74, 6) is 0. The van der Waals surface area contributed by atoms with Crippen LogP contribution in [0.1, 0.15) is 39.0 Å². The van der Waals surface area contributed by atoms with Crippen LogP contribution in [0, 0.1) is 0 Å². The zero-order chi connectivity index (χ0) is 15.2. The molecule has 0 aromatic heterocycles. The highest BCUT2D eigenvalue weighted by Gasteiger charge is 2.58. The molecule has 0 bridgehead atoms. The van der Waals surface area contributed by atoms with Crippen LogP contribution in [0.4, 0.5) is 0 Å². The second-order valence-corrected chi connectivity index (χ2v) is 8.43. The maximum absolute atomic E-state index is 11.0. The molecule has 0 amide bonds. The van der Waals surface area contributed by atoms with Crippen molar-refractivity contribution in [2.45, 2.75) is 44.1 Å². The van der Waals surface area contributed by atoms with E-state index in [0.717, 1.165) is 25.7 Å². The molecule has 10 heteroatoms. The van der Waals surface area contributed by atoms with Crippen molar-refractivity contribution in [2.24, 2.45) is 0 Å². The number of nitrogens with one attached hydrogen (secondary N) is 1. The Morgan fingerprint density at radius 2 is 1.47 bits per heavy atom. The zero-order valence-corrected chi connectivity index (χ0v) is 12.7. The molecular weight excluding hydrogens is 296 g/mol. The van der Waals surface area contributed by atoms with Gasteiger partial charge in [0.2, 0.25) is 0 Å². The minimum atomic E-state index is -5.32. The molecule has 0 radical (unpaired) electrons. The van der Waals surface area contributed by atoms with Crippen LogP contribution in [0.5, 0.6) is 0 Å². The minimum Gasteiger partial charge on any atom is -0.367 e. The summed E-state index contributed by atoms with van der Waals surface area (Å²) >= 11 is 0. The highest BCUT2D eigenvalue weighted by atomic mass is 31.2. The molecule has 0 rings (SSSR count). The summed E-state index contributed by atoms with van der Waals surface area (Å²) in [4.78, 5) is 35.5. The van der Waals surface area contributed by atoms with E-state index in [1.807, 2.05) is 0 Å². The van der Waals surface area contributed by atoms with Crippen molar-refractivity contribution in [3.05, 3.63) is 0 Å². The molecule has 0 aromatic rings. The van der Waals surface area contributed by atoms with Gasteiger partial charge in [-0.15, -0.1) is 0 Å². The lowest BCUT2D eigenvalue weighted by atomic mass is 10.2. The molecule has 0 aliphatic rings. The van der Waals surface area contributed by atoms with E-state index in [1.165, 1.54) is 0 Å². The van der Waals surface area contributed by atoms with Gasteiger partial charge < -0.3 is 30.0 Å². The van der Waals surface area contributed by atoms with E-state index >= 15 is 0 Å². The molecular formula is C9H23NO7P2. The number of aliphatic hydroxyl groups is 1. The molecule has 0 saturated carbocycles. The normalized spacial score (nSPS) is 13.8. The Morgan fingerprint density at radius 1 is 0.947 bits per heavy atom. The predicted molar refractivity (Wildman–Crippen MR) is 70.7 cm³/mol. The lowest BCUT2D eigenvalue weighted by Gasteiger charge is -2.29. The molecule has 0 aromatic carbocycles. The van der Waals surface area contributed by atoms with Gasteiger partial charge in [-0.05, 0) is 19.5 Å². The van der Waals surface area contributed by atoms with E-state index in [-0.39, 0.29) is 6.54 Å². The summed E-state index contributed by atoms with van der Waals surface area (Å²) in [7, 11) is -10.6. The average Bonchev–Trinajstić information content (AvgIpc) is 2.24. The lowest BCUT2D eigenvalue weighted by molar-refractivity contribution is 0.123. The summed E-state index contributed by atoms with van der Waals surface area (Å²) in [6.45, 7) is 2.55. The van der Waals surface area contributed by atoms with Gasteiger partial charge in [-0.2, -0.15) is 0 Å². The van der Waals surface area contributed by atoms with Crippen LogP contribution in [0.15, 0.2) is 0 Å². The third-order valence-corrected chi connectivity index (χ3v) is 6.65. The number of hydrogen-bond donors (Lipinski definition) is 6. The molecule has 0 aliphatic heterocycles. The van der Waals surface area contributed by atoms with E-state index < -0.39 is 26.7 Å². The standard InChI is InChI=1S/C9H23NO7P2/c1-2-3-4-5-7-10-8-6-9(11,18(12,13)14)19(15,16)17/h10-11H,2-8H2,1H3,(H2,12,13,14)(H2,15,16,17). The van der Waals surface area contributed by atoms with Gasteiger partial charge in [0.1, 0.15) is 0 Å². The highest BCUT2D eigenvalue weighted by Crippen LogP contribution is 2.68. The average molecular weight is 319 g/mol. The Balaban J connectivity index is 4.26. The van der Waals surface area contributed by atoms with Gasteiger partial charge in [0.05, 0.1) is 0 Å². The largest absolute Gasteiger partial charge is 0.369 e. The van der Waals surface area contributed by atoms with Crippen LogP contribution in [0.25, 0.3) is 0 Å². The summed E-state index contributed by atoms with van der Waals surface area (Å²) in [5, 5.41) is 9.05. The predicted octanol–water partition coefficient (Wildman–Crippen LogP) is 0.548. The van der Waals surface area contributed by atoms with Gasteiger partial charge in [0, 0.05) is 6.42 Å². The van der Waals surface area contributed by atoms with Crippen LogP contribution in [0.2, 0.25) is 0 Å². The Hall–Kier alpha value is 0.220. The topological polar surface area (TPSA) is 147 Å². The van der Waals surface area contributed by atoms with Crippen molar-refractivity contribution in [1.29, 1.82) is 0 Å². The van der Waals surface area contributed by atoms with Crippen molar-refractivity contribution < 1.29 is 33.8 Å². The molecule has 0 aliphatic carbocycles. The van der Waals surface area contributed by atoms with Gasteiger partial charge in [0.25, 0.3) is 5.08 Å². The Labute approximate surface area is 112 Å². The van der Waals surface area contributed by atoms with Crippen molar-refractivity contribution in [3.63, 3.8) is 0 Å². The van der Waals surface area contributed by atoms with Gasteiger partial charge >= 0.3 is 15.2 Å². The van der Waals surface area contributed by atoms with E-state index in [9.17, 15) is 14.2 Å². The second-order valence-electron chi connectivity index (χ2n) is 4.42. The number of rotatable bonds is 10. The van der Waals surface area contributed by atoms with E-state index in [0.29, 0.717) is 6.54 Å². The third kappa shape index (κ3) is 6.02. The molecule has 19 heavy (non-hydrogen) atoms. The second kappa shape index (κ2) is 7.86. The Morgan fingerprint density at radius 3 is 1.89 bits per heavy atom. The summed E-state index contributed by atoms with van der Waals surface area (Å²) in [6.07, 6.45) is 3.31.